The molecule has 1 aromatic rings. The van der Waals surface area contributed by atoms with E-state index in [1.54, 1.807) is 12.1 Å². The molecule has 2 N–H and O–H groups in total. The number of benzene rings is 1. The third-order valence-corrected chi connectivity index (χ3v) is 2.46. The van der Waals surface area contributed by atoms with Crippen LogP contribution in [-0.2, 0) is 6.54 Å². The standard InChI is InChI=1S/C12H19N3O3/c1-14(2)6-3-7-18-12-8-10(9-13)4-5-11(12)15(16)17/h4-5,8H,3,6-7,9,13H2,1-2H3. The highest BCUT2D eigenvalue weighted by Gasteiger charge is 2.15. The molecule has 0 atom stereocenters. The van der Waals surface area contributed by atoms with Gasteiger partial charge >= 0.3 is 5.69 Å². The number of hydrogen-bond acceptors (Lipinski definition) is 5. The normalized spacial score (nSPS) is 10.7. The molecule has 1 aromatic carbocycles. The number of ether oxygens (including phenoxy) is 1. The van der Waals surface area contributed by atoms with Gasteiger partial charge in [0, 0.05) is 19.2 Å². The van der Waals surface area contributed by atoms with Crippen LogP contribution in [-0.4, -0.2) is 37.1 Å². The first-order chi connectivity index (χ1) is 8.54. The van der Waals surface area contributed by atoms with Crippen LogP contribution in [0.25, 0.3) is 0 Å². The van der Waals surface area contributed by atoms with E-state index in [0.717, 1.165) is 18.5 Å². The van der Waals surface area contributed by atoms with E-state index >= 15 is 0 Å². The number of nitro groups is 1. The molecule has 100 valence electrons. The fourth-order valence-corrected chi connectivity index (χ4v) is 1.51. The first-order valence-electron chi connectivity index (χ1n) is 5.79. The van der Waals surface area contributed by atoms with Gasteiger partial charge in [-0.1, -0.05) is 6.07 Å². The smallest absolute Gasteiger partial charge is 0.310 e. The molecule has 0 unspecified atom stereocenters. The summed E-state index contributed by atoms with van der Waals surface area (Å²) in [7, 11) is 3.94. The van der Waals surface area contributed by atoms with Crippen molar-refractivity contribution < 1.29 is 9.66 Å². The van der Waals surface area contributed by atoms with E-state index in [-0.39, 0.29) is 5.69 Å². The van der Waals surface area contributed by atoms with Crippen LogP contribution in [0.4, 0.5) is 5.69 Å². The van der Waals surface area contributed by atoms with Gasteiger partial charge in [0.2, 0.25) is 0 Å². The van der Waals surface area contributed by atoms with Gasteiger partial charge in [0.15, 0.2) is 5.75 Å². The third-order valence-electron chi connectivity index (χ3n) is 2.46. The zero-order valence-electron chi connectivity index (χ0n) is 10.8. The Morgan fingerprint density at radius 2 is 2.17 bits per heavy atom. The Morgan fingerprint density at radius 1 is 1.44 bits per heavy atom. The third kappa shape index (κ3) is 4.31. The lowest BCUT2D eigenvalue weighted by Crippen LogP contribution is -2.15. The Hall–Kier alpha value is -1.66. The van der Waals surface area contributed by atoms with Crippen molar-refractivity contribution >= 4 is 5.69 Å². The summed E-state index contributed by atoms with van der Waals surface area (Å²) in [4.78, 5) is 12.4. The second kappa shape index (κ2) is 6.93. The molecule has 0 spiro atoms. The monoisotopic (exact) mass is 253 g/mol. The van der Waals surface area contributed by atoms with Gasteiger partial charge in [0.05, 0.1) is 11.5 Å². The molecule has 0 radical (unpaired) electrons. The Labute approximate surface area is 106 Å². The molecule has 6 heteroatoms. The van der Waals surface area contributed by atoms with Gasteiger partial charge in [-0.25, -0.2) is 0 Å². The summed E-state index contributed by atoms with van der Waals surface area (Å²) in [6.45, 7) is 1.67. The SMILES string of the molecule is CN(C)CCCOc1cc(CN)ccc1[N+](=O)[O-]. The second-order valence-electron chi connectivity index (χ2n) is 4.27. The van der Waals surface area contributed by atoms with Gasteiger partial charge in [0.25, 0.3) is 0 Å². The fourth-order valence-electron chi connectivity index (χ4n) is 1.51. The minimum absolute atomic E-state index is 0.0166. The van der Waals surface area contributed by atoms with E-state index < -0.39 is 4.92 Å². The predicted molar refractivity (Wildman–Crippen MR) is 69.7 cm³/mol. The number of rotatable bonds is 7. The molecule has 0 amide bonds. The zero-order chi connectivity index (χ0) is 13.5. The van der Waals surface area contributed by atoms with Crippen LogP contribution in [0.3, 0.4) is 0 Å². The Balaban J connectivity index is 2.69. The zero-order valence-corrected chi connectivity index (χ0v) is 10.8. The maximum atomic E-state index is 10.8. The van der Waals surface area contributed by atoms with Crippen molar-refractivity contribution in [1.82, 2.24) is 4.90 Å². The Bertz CT molecular complexity index is 408. The maximum Gasteiger partial charge on any atom is 0.310 e. The van der Waals surface area contributed by atoms with Crippen molar-refractivity contribution in [3.8, 4) is 5.75 Å². The average molecular weight is 253 g/mol. The molecular weight excluding hydrogens is 234 g/mol. The van der Waals surface area contributed by atoms with Crippen molar-refractivity contribution in [3.05, 3.63) is 33.9 Å². The van der Waals surface area contributed by atoms with Gasteiger partial charge in [-0.3, -0.25) is 10.1 Å². The van der Waals surface area contributed by atoms with Crippen LogP contribution < -0.4 is 10.5 Å². The molecule has 1 rings (SSSR count). The summed E-state index contributed by atoms with van der Waals surface area (Å²) in [5.41, 5.74) is 6.31. The van der Waals surface area contributed by atoms with Crippen molar-refractivity contribution in [2.75, 3.05) is 27.2 Å². The molecule has 0 aromatic heterocycles. The molecule has 0 saturated heterocycles. The molecule has 18 heavy (non-hydrogen) atoms. The van der Waals surface area contributed by atoms with E-state index in [2.05, 4.69) is 0 Å². The largest absolute Gasteiger partial charge is 0.487 e. The fraction of sp³-hybridized carbons (Fsp3) is 0.500. The van der Waals surface area contributed by atoms with E-state index in [1.807, 2.05) is 19.0 Å². The van der Waals surface area contributed by atoms with Gasteiger partial charge in [-0.15, -0.1) is 0 Å². The lowest BCUT2D eigenvalue weighted by molar-refractivity contribution is -0.385. The molecule has 0 bridgehead atoms. The highest BCUT2D eigenvalue weighted by atomic mass is 16.6. The van der Waals surface area contributed by atoms with Crippen LogP contribution in [0, 0.1) is 10.1 Å². The quantitative estimate of drug-likeness (QED) is 0.451. The lowest BCUT2D eigenvalue weighted by Gasteiger charge is -2.11. The first kappa shape index (κ1) is 14.4. The van der Waals surface area contributed by atoms with Gasteiger partial charge < -0.3 is 15.4 Å². The van der Waals surface area contributed by atoms with Crippen LogP contribution in [0.15, 0.2) is 18.2 Å². The number of nitrogens with zero attached hydrogens (tertiary/aromatic N) is 2. The maximum absolute atomic E-state index is 10.8. The van der Waals surface area contributed by atoms with E-state index in [1.165, 1.54) is 6.07 Å². The molecule has 0 aliphatic heterocycles. The van der Waals surface area contributed by atoms with Crippen LogP contribution in [0.1, 0.15) is 12.0 Å². The van der Waals surface area contributed by atoms with Crippen molar-refractivity contribution in [2.24, 2.45) is 5.73 Å². The molecule has 0 saturated carbocycles. The average Bonchev–Trinajstić information content (AvgIpc) is 2.33. The van der Waals surface area contributed by atoms with Crippen molar-refractivity contribution in [1.29, 1.82) is 0 Å². The number of nitrogens with two attached hydrogens (primary N) is 1. The Morgan fingerprint density at radius 3 is 2.72 bits per heavy atom. The Kier molecular flexibility index (Phi) is 5.54. The number of hydrogen-bond donors (Lipinski definition) is 1. The highest BCUT2D eigenvalue weighted by molar-refractivity contribution is 5.48. The van der Waals surface area contributed by atoms with Gasteiger partial charge in [-0.2, -0.15) is 0 Å². The summed E-state index contributed by atoms with van der Waals surface area (Å²) < 4.78 is 5.47. The van der Waals surface area contributed by atoms with E-state index in [9.17, 15) is 10.1 Å². The minimum Gasteiger partial charge on any atom is -0.487 e. The van der Waals surface area contributed by atoms with Crippen LogP contribution in [0.2, 0.25) is 0 Å². The van der Waals surface area contributed by atoms with Gasteiger partial charge in [0.1, 0.15) is 0 Å². The molecule has 0 heterocycles. The predicted octanol–water partition coefficient (Wildman–Crippen LogP) is 1.38. The number of nitro benzene ring substituents is 1. The summed E-state index contributed by atoms with van der Waals surface area (Å²) in [5, 5.41) is 10.8. The minimum atomic E-state index is -0.443. The van der Waals surface area contributed by atoms with Crippen molar-refractivity contribution in [2.45, 2.75) is 13.0 Å². The van der Waals surface area contributed by atoms with Crippen LogP contribution in [0.5, 0.6) is 5.75 Å². The van der Waals surface area contributed by atoms with Crippen molar-refractivity contribution in [3.63, 3.8) is 0 Å². The molecule has 0 fully saturated rings. The summed E-state index contributed by atoms with van der Waals surface area (Å²) in [5.74, 6) is 0.293. The molecule has 0 aliphatic carbocycles. The molecular formula is C12H19N3O3. The highest BCUT2D eigenvalue weighted by Crippen LogP contribution is 2.27. The van der Waals surface area contributed by atoms with Crippen LogP contribution >= 0.6 is 0 Å². The summed E-state index contributed by atoms with van der Waals surface area (Å²) in [6, 6.07) is 4.71. The second-order valence-corrected chi connectivity index (χ2v) is 4.27. The van der Waals surface area contributed by atoms with Gasteiger partial charge in [-0.05, 0) is 32.1 Å². The van der Waals surface area contributed by atoms with E-state index in [0.29, 0.717) is 18.9 Å². The van der Waals surface area contributed by atoms with E-state index in [4.69, 9.17) is 10.5 Å². The lowest BCUT2D eigenvalue weighted by atomic mass is 10.2. The topological polar surface area (TPSA) is 81.6 Å². The summed E-state index contributed by atoms with van der Waals surface area (Å²) in [6.07, 6.45) is 0.816. The first-order valence-corrected chi connectivity index (χ1v) is 5.79. The summed E-state index contributed by atoms with van der Waals surface area (Å²) >= 11 is 0. The molecule has 6 nitrogen and oxygen atoms in total. The molecule has 0 aliphatic rings.